The minimum absolute atomic E-state index is 0.679. The summed E-state index contributed by atoms with van der Waals surface area (Å²) < 4.78 is 0. The van der Waals surface area contributed by atoms with Crippen LogP contribution in [0.5, 0.6) is 0 Å². The summed E-state index contributed by atoms with van der Waals surface area (Å²) in [4.78, 5) is 0. The molecule has 0 spiro atoms. The van der Waals surface area contributed by atoms with Crippen molar-refractivity contribution in [2.45, 2.75) is 40.5 Å². The molecule has 0 aromatic rings. The number of allylic oxidation sites excluding steroid dienone is 1. The Labute approximate surface area is 77.1 Å². The van der Waals surface area contributed by atoms with Gasteiger partial charge in [-0.15, -0.1) is 0 Å². The first-order chi connectivity index (χ1) is 5.52. The maximum atomic E-state index is 4.13. The van der Waals surface area contributed by atoms with Gasteiger partial charge in [0.2, 0.25) is 0 Å². The summed E-state index contributed by atoms with van der Waals surface area (Å²) in [6.07, 6.45) is 2.73. The van der Waals surface area contributed by atoms with Crippen LogP contribution in [0.3, 0.4) is 0 Å². The minimum Gasteiger partial charge on any atom is -0.0996 e. The highest BCUT2D eigenvalue weighted by molar-refractivity contribution is 5.04. The van der Waals surface area contributed by atoms with E-state index in [0.717, 1.165) is 17.8 Å². The molecule has 2 atom stereocenters. The third-order valence-corrected chi connectivity index (χ3v) is 3.17. The van der Waals surface area contributed by atoms with Crippen LogP contribution in [-0.2, 0) is 0 Å². The van der Waals surface area contributed by atoms with Gasteiger partial charge in [0.1, 0.15) is 0 Å². The van der Waals surface area contributed by atoms with Gasteiger partial charge in [0.05, 0.1) is 0 Å². The van der Waals surface area contributed by atoms with Crippen molar-refractivity contribution in [2.24, 2.45) is 23.7 Å². The molecule has 0 amide bonds. The largest absolute Gasteiger partial charge is 0.0996 e. The first kappa shape index (κ1) is 9.83. The molecule has 70 valence electrons. The number of hydrogen-bond donors (Lipinski definition) is 0. The second-order valence-electron chi connectivity index (χ2n) is 4.92. The van der Waals surface area contributed by atoms with Gasteiger partial charge in [0.25, 0.3) is 0 Å². The number of hydrogen-bond acceptors (Lipinski definition) is 0. The van der Waals surface area contributed by atoms with Crippen LogP contribution >= 0.6 is 0 Å². The zero-order chi connectivity index (χ0) is 9.30. The lowest BCUT2D eigenvalue weighted by atomic mass is 9.97. The van der Waals surface area contributed by atoms with Crippen molar-refractivity contribution < 1.29 is 0 Å². The Hall–Kier alpha value is -0.260. The molecule has 0 bridgehead atoms. The summed E-state index contributed by atoms with van der Waals surface area (Å²) in [7, 11) is 0. The normalized spacial score (nSPS) is 28.2. The fraction of sp³-hybridized carbons (Fsp3) is 0.833. The Morgan fingerprint density at radius 2 is 1.92 bits per heavy atom. The van der Waals surface area contributed by atoms with Crippen LogP contribution in [0.1, 0.15) is 40.5 Å². The molecule has 1 aliphatic carbocycles. The predicted octanol–water partition coefficient (Wildman–Crippen LogP) is 3.88. The van der Waals surface area contributed by atoms with Gasteiger partial charge in [-0.05, 0) is 36.5 Å². The lowest BCUT2D eigenvalue weighted by Crippen LogP contribution is -1.97. The molecule has 1 aliphatic rings. The first-order valence-corrected chi connectivity index (χ1v) is 5.20. The van der Waals surface area contributed by atoms with Gasteiger partial charge in [-0.1, -0.05) is 39.8 Å². The summed E-state index contributed by atoms with van der Waals surface area (Å²) in [6.45, 7) is 13.3. The molecule has 0 heteroatoms. The van der Waals surface area contributed by atoms with Gasteiger partial charge in [0.15, 0.2) is 0 Å². The van der Waals surface area contributed by atoms with E-state index in [2.05, 4.69) is 34.3 Å². The lowest BCUT2D eigenvalue weighted by molar-refractivity contribution is 0.508. The van der Waals surface area contributed by atoms with Crippen LogP contribution in [0, 0.1) is 23.7 Å². The van der Waals surface area contributed by atoms with Gasteiger partial charge in [-0.25, -0.2) is 0 Å². The van der Waals surface area contributed by atoms with E-state index < -0.39 is 0 Å². The fourth-order valence-corrected chi connectivity index (χ4v) is 1.89. The highest BCUT2D eigenvalue weighted by Gasteiger charge is 2.38. The van der Waals surface area contributed by atoms with E-state index in [-0.39, 0.29) is 0 Å². The third kappa shape index (κ3) is 2.36. The van der Waals surface area contributed by atoms with E-state index in [4.69, 9.17) is 0 Å². The summed E-state index contributed by atoms with van der Waals surface area (Å²) in [6, 6.07) is 0. The molecule has 1 saturated carbocycles. The Morgan fingerprint density at radius 1 is 1.33 bits per heavy atom. The monoisotopic (exact) mass is 166 g/mol. The standard InChI is InChI=1S/C12H22/c1-8(2)10(5)6-11-7-12(11)9(3)4/h8-9,11-12H,5-7H2,1-4H3. The Bertz CT molecular complexity index is 165. The molecule has 0 nitrogen and oxygen atoms in total. The molecular formula is C12H22. The van der Waals surface area contributed by atoms with Crippen LogP contribution in [-0.4, -0.2) is 0 Å². The molecule has 1 rings (SSSR count). The van der Waals surface area contributed by atoms with Gasteiger partial charge in [-0.3, -0.25) is 0 Å². The van der Waals surface area contributed by atoms with Crippen LogP contribution in [0.15, 0.2) is 12.2 Å². The van der Waals surface area contributed by atoms with Crippen LogP contribution in [0.2, 0.25) is 0 Å². The maximum absolute atomic E-state index is 4.13. The zero-order valence-electron chi connectivity index (χ0n) is 8.93. The molecular weight excluding hydrogens is 144 g/mol. The van der Waals surface area contributed by atoms with Crippen LogP contribution < -0.4 is 0 Å². The summed E-state index contributed by atoms with van der Waals surface area (Å²) in [5, 5.41) is 0. The average molecular weight is 166 g/mol. The van der Waals surface area contributed by atoms with E-state index in [1.54, 1.807) is 0 Å². The van der Waals surface area contributed by atoms with Gasteiger partial charge < -0.3 is 0 Å². The molecule has 0 aliphatic heterocycles. The third-order valence-electron chi connectivity index (χ3n) is 3.17. The topological polar surface area (TPSA) is 0 Å². The van der Waals surface area contributed by atoms with Crippen molar-refractivity contribution in [2.75, 3.05) is 0 Å². The molecule has 0 saturated heterocycles. The number of rotatable bonds is 4. The maximum Gasteiger partial charge on any atom is -0.0263 e. The Kier molecular flexibility index (Phi) is 2.98. The van der Waals surface area contributed by atoms with E-state index in [9.17, 15) is 0 Å². The molecule has 1 fully saturated rings. The van der Waals surface area contributed by atoms with E-state index >= 15 is 0 Å². The van der Waals surface area contributed by atoms with Crippen LogP contribution in [0.4, 0.5) is 0 Å². The van der Waals surface area contributed by atoms with E-state index in [1.807, 2.05) is 0 Å². The van der Waals surface area contributed by atoms with Crippen molar-refractivity contribution in [1.29, 1.82) is 0 Å². The Morgan fingerprint density at radius 3 is 2.25 bits per heavy atom. The average Bonchev–Trinajstić information content (AvgIpc) is 2.67. The quantitative estimate of drug-likeness (QED) is 0.556. The highest BCUT2D eigenvalue weighted by Crippen LogP contribution is 2.48. The van der Waals surface area contributed by atoms with Gasteiger partial charge >= 0.3 is 0 Å². The van der Waals surface area contributed by atoms with Crippen molar-refractivity contribution in [3.8, 4) is 0 Å². The molecule has 12 heavy (non-hydrogen) atoms. The molecule has 0 heterocycles. The van der Waals surface area contributed by atoms with Crippen molar-refractivity contribution in [3.63, 3.8) is 0 Å². The second-order valence-corrected chi connectivity index (χ2v) is 4.92. The highest BCUT2D eigenvalue weighted by atomic mass is 14.4. The first-order valence-electron chi connectivity index (χ1n) is 5.20. The fourth-order valence-electron chi connectivity index (χ4n) is 1.89. The van der Waals surface area contributed by atoms with Crippen molar-refractivity contribution in [1.82, 2.24) is 0 Å². The molecule has 0 aromatic heterocycles. The minimum atomic E-state index is 0.679. The second kappa shape index (κ2) is 3.64. The summed E-state index contributed by atoms with van der Waals surface area (Å²) in [5.41, 5.74) is 1.45. The van der Waals surface area contributed by atoms with Crippen molar-refractivity contribution in [3.05, 3.63) is 12.2 Å². The smallest absolute Gasteiger partial charge is 0.0263 e. The van der Waals surface area contributed by atoms with Gasteiger partial charge in [0, 0.05) is 0 Å². The summed E-state index contributed by atoms with van der Waals surface area (Å²) in [5.74, 6) is 3.54. The Balaban J connectivity index is 2.23. The molecule has 0 radical (unpaired) electrons. The summed E-state index contributed by atoms with van der Waals surface area (Å²) >= 11 is 0. The predicted molar refractivity (Wildman–Crippen MR) is 55.0 cm³/mol. The van der Waals surface area contributed by atoms with E-state index in [1.165, 1.54) is 18.4 Å². The molecule has 0 aromatic carbocycles. The van der Waals surface area contributed by atoms with Crippen LogP contribution in [0.25, 0.3) is 0 Å². The molecule has 0 N–H and O–H groups in total. The lowest BCUT2D eigenvalue weighted by Gasteiger charge is -2.09. The van der Waals surface area contributed by atoms with Crippen molar-refractivity contribution >= 4 is 0 Å². The SMILES string of the molecule is C=C(CC1CC1C(C)C)C(C)C. The van der Waals surface area contributed by atoms with E-state index in [0.29, 0.717) is 5.92 Å². The molecule has 2 unspecified atom stereocenters. The van der Waals surface area contributed by atoms with Gasteiger partial charge in [-0.2, -0.15) is 0 Å². The zero-order valence-corrected chi connectivity index (χ0v) is 8.93.